The van der Waals surface area contributed by atoms with Gasteiger partial charge in [0.05, 0.1) is 17.2 Å². The Morgan fingerprint density at radius 2 is 2.16 bits per heavy atom. The van der Waals surface area contributed by atoms with Crippen molar-refractivity contribution in [2.24, 2.45) is 5.73 Å². The Morgan fingerprint density at radius 3 is 2.89 bits per heavy atom. The second kappa shape index (κ2) is 4.66. The van der Waals surface area contributed by atoms with Gasteiger partial charge in [0.25, 0.3) is 5.91 Å². The number of aromatic amines is 1. The molecular formula is C14H17N3O2. The molecule has 4 N–H and O–H groups in total. The molecule has 1 saturated carbocycles. The molecule has 0 aliphatic heterocycles. The molecular weight excluding hydrogens is 242 g/mol. The van der Waals surface area contributed by atoms with Crippen molar-refractivity contribution in [2.45, 2.75) is 37.7 Å². The highest BCUT2D eigenvalue weighted by molar-refractivity contribution is 6.04. The molecule has 1 amide bonds. The molecule has 0 bridgehead atoms. The van der Waals surface area contributed by atoms with Gasteiger partial charge in [-0.1, -0.05) is 18.9 Å². The van der Waals surface area contributed by atoms with Crippen LogP contribution in [0.2, 0.25) is 0 Å². The molecule has 2 atom stereocenters. The molecule has 0 saturated heterocycles. The SMILES string of the molecule is NC(=O)c1cccc2[nH]c(C3CCCCC3O)nc12. The number of amides is 1. The summed E-state index contributed by atoms with van der Waals surface area (Å²) in [5.74, 6) is 0.311. The topological polar surface area (TPSA) is 92.0 Å². The fourth-order valence-electron chi connectivity index (χ4n) is 2.86. The van der Waals surface area contributed by atoms with Crippen molar-refractivity contribution < 1.29 is 9.90 Å². The van der Waals surface area contributed by atoms with Gasteiger partial charge in [-0.3, -0.25) is 4.79 Å². The molecule has 0 spiro atoms. The molecule has 2 aromatic rings. The van der Waals surface area contributed by atoms with Gasteiger partial charge in [0.2, 0.25) is 0 Å². The van der Waals surface area contributed by atoms with Gasteiger partial charge in [0, 0.05) is 5.92 Å². The molecule has 5 heteroatoms. The van der Waals surface area contributed by atoms with E-state index in [0.29, 0.717) is 11.1 Å². The van der Waals surface area contributed by atoms with Crippen molar-refractivity contribution in [3.05, 3.63) is 29.6 Å². The van der Waals surface area contributed by atoms with Gasteiger partial charge in [-0.25, -0.2) is 4.98 Å². The van der Waals surface area contributed by atoms with Crippen LogP contribution in [-0.4, -0.2) is 27.1 Å². The minimum Gasteiger partial charge on any atom is -0.392 e. The van der Waals surface area contributed by atoms with Crippen LogP contribution in [0.15, 0.2) is 18.2 Å². The van der Waals surface area contributed by atoms with Gasteiger partial charge in [-0.05, 0) is 25.0 Å². The number of nitrogens with one attached hydrogen (secondary N) is 1. The number of hydrogen-bond acceptors (Lipinski definition) is 3. The molecule has 1 heterocycles. The molecule has 0 radical (unpaired) electrons. The second-order valence-electron chi connectivity index (χ2n) is 5.15. The average molecular weight is 259 g/mol. The number of hydrogen-bond donors (Lipinski definition) is 3. The molecule has 1 aliphatic carbocycles. The number of primary amides is 1. The number of nitrogens with two attached hydrogens (primary N) is 1. The van der Waals surface area contributed by atoms with Gasteiger partial charge in [-0.15, -0.1) is 0 Å². The summed E-state index contributed by atoms with van der Waals surface area (Å²) in [7, 11) is 0. The lowest BCUT2D eigenvalue weighted by molar-refractivity contribution is 0.100. The normalized spacial score (nSPS) is 23.6. The average Bonchev–Trinajstić information content (AvgIpc) is 2.82. The van der Waals surface area contributed by atoms with Crippen LogP contribution >= 0.6 is 0 Å². The number of aliphatic hydroxyl groups is 1. The number of benzene rings is 1. The summed E-state index contributed by atoms with van der Waals surface area (Å²) in [5.41, 5.74) is 7.17. The highest BCUT2D eigenvalue weighted by Crippen LogP contribution is 2.32. The minimum atomic E-state index is -0.479. The van der Waals surface area contributed by atoms with Crippen molar-refractivity contribution in [3.63, 3.8) is 0 Å². The molecule has 5 nitrogen and oxygen atoms in total. The van der Waals surface area contributed by atoms with E-state index in [4.69, 9.17) is 5.73 Å². The van der Waals surface area contributed by atoms with Crippen LogP contribution in [0.3, 0.4) is 0 Å². The molecule has 100 valence electrons. The van der Waals surface area contributed by atoms with Crippen LogP contribution in [0.25, 0.3) is 11.0 Å². The van der Waals surface area contributed by atoms with Crippen molar-refractivity contribution >= 4 is 16.9 Å². The van der Waals surface area contributed by atoms with E-state index in [1.54, 1.807) is 12.1 Å². The number of aromatic nitrogens is 2. The van der Waals surface area contributed by atoms with Crippen molar-refractivity contribution in [1.29, 1.82) is 0 Å². The molecule has 2 unspecified atom stereocenters. The number of nitrogens with zero attached hydrogens (tertiary/aromatic N) is 1. The summed E-state index contributed by atoms with van der Waals surface area (Å²) < 4.78 is 0. The van der Waals surface area contributed by atoms with Crippen LogP contribution in [-0.2, 0) is 0 Å². The fraction of sp³-hybridized carbons (Fsp3) is 0.429. The van der Waals surface area contributed by atoms with E-state index in [-0.39, 0.29) is 12.0 Å². The predicted octanol–water partition coefficient (Wildman–Crippen LogP) is 1.68. The first-order chi connectivity index (χ1) is 9.16. The van der Waals surface area contributed by atoms with Gasteiger partial charge in [0.1, 0.15) is 11.3 Å². The van der Waals surface area contributed by atoms with Crippen LogP contribution in [0.4, 0.5) is 0 Å². The van der Waals surface area contributed by atoms with E-state index < -0.39 is 5.91 Å². The summed E-state index contributed by atoms with van der Waals surface area (Å²) in [6.45, 7) is 0. The lowest BCUT2D eigenvalue weighted by Gasteiger charge is -2.25. The fourth-order valence-corrected chi connectivity index (χ4v) is 2.86. The number of carbonyl (C=O) groups excluding carboxylic acids is 1. The van der Waals surface area contributed by atoms with E-state index in [0.717, 1.165) is 37.0 Å². The Balaban J connectivity index is 2.06. The van der Waals surface area contributed by atoms with Crippen LogP contribution < -0.4 is 5.73 Å². The number of H-pyrrole nitrogens is 1. The molecule has 1 fully saturated rings. The first-order valence-corrected chi connectivity index (χ1v) is 6.63. The van der Waals surface area contributed by atoms with Crippen molar-refractivity contribution in [3.8, 4) is 0 Å². The zero-order valence-electron chi connectivity index (χ0n) is 10.6. The maximum absolute atomic E-state index is 11.4. The lowest BCUT2D eigenvalue weighted by atomic mass is 9.86. The van der Waals surface area contributed by atoms with Crippen LogP contribution in [0.1, 0.15) is 47.8 Å². The molecule has 1 aliphatic rings. The molecule has 1 aromatic carbocycles. The third kappa shape index (κ3) is 2.10. The quantitative estimate of drug-likeness (QED) is 0.766. The summed E-state index contributed by atoms with van der Waals surface area (Å²) in [4.78, 5) is 19.1. The van der Waals surface area contributed by atoms with Gasteiger partial charge in [0.15, 0.2) is 0 Å². The number of para-hydroxylation sites is 1. The largest absolute Gasteiger partial charge is 0.392 e. The Labute approximate surface area is 110 Å². The van der Waals surface area contributed by atoms with Gasteiger partial charge >= 0.3 is 0 Å². The monoisotopic (exact) mass is 259 g/mol. The molecule has 1 aromatic heterocycles. The van der Waals surface area contributed by atoms with E-state index in [9.17, 15) is 9.90 Å². The predicted molar refractivity (Wildman–Crippen MR) is 71.8 cm³/mol. The number of rotatable bonds is 2. The third-order valence-electron chi connectivity index (χ3n) is 3.88. The van der Waals surface area contributed by atoms with E-state index in [2.05, 4.69) is 9.97 Å². The van der Waals surface area contributed by atoms with Gasteiger partial charge < -0.3 is 15.8 Å². The first-order valence-electron chi connectivity index (χ1n) is 6.63. The highest BCUT2D eigenvalue weighted by atomic mass is 16.3. The summed E-state index contributed by atoms with van der Waals surface area (Å²) >= 11 is 0. The maximum Gasteiger partial charge on any atom is 0.250 e. The number of imidazole rings is 1. The highest BCUT2D eigenvalue weighted by Gasteiger charge is 2.27. The number of carbonyl (C=O) groups is 1. The Kier molecular flexibility index (Phi) is 2.98. The van der Waals surface area contributed by atoms with Gasteiger partial charge in [-0.2, -0.15) is 0 Å². The number of aliphatic hydroxyl groups excluding tert-OH is 1. The van der Waals surface area contributed by atoms with Crippen LogP contribution in [0.5, 0.6) is 0 Å². The molecule has 19 heavy (non-hydrogen) atoms. The summed E-state index contributed by atoms with van der Waals surface area (Å²) in [5, 5.41) is 10.1. The van der Waals surface area contributed by atoms with E-state index in [1.807, 2.05) is 6.07 Å². The van der Waals surface area contributed by atoms with Crippen molar-refractivity contribution in [2.75, 3.05) is 0 Å². The lowest BCUT2D eigenvalue weighted by Crippen LogP contribution is -2.23. The maximum atomic E-state index is 11.4. The Hall–Kier alpha value is -1.88. The van der Waals surface area contributed by atoms with Crippen LogP contribution in [0, 0.1) is 0 Å². The number of fused-ring (bicyclic) bond motifs is 1. The smallest absolute Gasteiger partial charge is 0.250 e. The third-order valence-corrected chi connectivity index (χ3v) is 3.88. The summed E-state index contributed by atoms with van der Waals surface area (Å²) in [6, 6.07) is 5.32. The summed E-state index contributed by atoms with van der Waals surface area (Å²) in [6.07, 6.45) is 3.54. The zero-order chi connectivity index (χ0) is 13.4. The Bertz CT molecular complexity index is 620. The standard InChI is InChI=1S/C14H17N3O2/c15-13(19)9-5-3-6-10-12(9)17-14(16-10)8-4-1-2-7-11(8)18/h3,5-6,8,11,18H,1-2,4,7H2,(H2,15,19)(H,16,17). The molecule has 3 rings (SSSR count). The zero-order valence-corrected chi connectivity index (χ0v) is 10.6. The van der Waals surface area contributed by atoms with Crippen molar-refractivity contribution in [1.82, 2.24) is 9.97 Å². The van der Waals surface area contributed by atoms with E-state index in [1.165, 1.54) is 0 Å². The second-order valence-corrected chi connectivity index (χ2v) is 5.15. The first kappa shape index (κ1) is 12.2. The van der Waals surface area contributed by atoms with E-state index >= 15 is 0 Å². The minimum absolute atomic E-state index is 0.0295. The Morgan fingerprint density at radius 1 is 1.37 bits per heavy atom.